The fourth-order valence-corrected chi connectivity index (χ4v) is 1.94. The summed E-state index contributed by atoms with van der Waals surface area (Å²) in [5, 5.41) is 32.2. The van der Waals surface area contributed by atoms with Crippen LogP contribution < -0.4 is 5.39 Å². The van der Waals surface area contributed by atoms with Gasteiger partial charge in [-0.2, -0.15) is 0 Å². The van der Waals surface area contributed by atoms with Gasteiger partial charge in [-0.15, -0.1) is 0 Å². The molecule has 0 fully saturated rings. The Hall–Kier alpha value is -0.877. The van der Waals surface area contributed by atoms with E-state index in [2.05, 4.69) is 8.74 Å². The Morgan fingerprint density at radius 1 is 1.23 bits per heavy atom. The SMILES string of the molecule is O=[N+]([O-])[O][Bi]([O][N+](=O)[O-])[O][NH+]([O-])O. The van der Waals surface area contributed by atoms with Gasteiger partial charge in [0.1, 0.15) is 0 Å². The molecule has 0 aliphatic carbocycles. The molecule has 0 aromatic rings. The molecule has 13 heavy (non-hydrogen) atoms. The van der Waals surface area contributed by atoms with Crippen molar-refractivity contribution in [3.05, 3.63) is 25.4 Å². The number of hydrogen-bond donors (Lipinski definition) is 2. The van der Waals surface area contributed by atoms with Crippen molar-refractivity contribution in [1.82, 2.24) is 0 Å². The molecule has 76 valence electrons. The first-order chi connectivity index (χ1) is 5.91. The van der Waals surface area contributed by atoms with Gasteiger partial charge in [-0.25, -0.2) is 0 Å². The van der Waals surface area contributed by atoms with Gasteiger partial charge in [0.2, 0.25) is 0 Å². The molecule has 1 unspecified atom stereocenters. The standard InChI is InChI=1S/Bi.H2NO3.2NO3/c;3*2-1(3)4/h;1-2H;;/q+3;3*-1. The molecule has 2 N–H and O–H groups in total. The van der Waals surface area contributed by atoms with E-state index in [1.807, 2.05) is 0 Å². The second-order valence-corrected chi connectivity index (χ2v) is 4.91. The summed E-state index contributed by atoms with van der Waals surface area (Å²) >= 11 is -4.54. The number of rotatable bonds is 6. The third-order valence-electron chi connectivity index (χ3n) is 0.419. The molecule has 0 saturated heterocycles. The minimum absolute atomic E-state index is 1.41. The fourth-order valence-electron chi connectivity index (χ4n) is 0.221. The Kier molecular flexibility index (Phi) is 5.33. The molecule has 0 amide bonds. The van der Waals surface area contributed by atoms with E-state index < -0.39 is 38.6 Å². The van der Waals surface area contributed by atoms with Crippen LogP contribution in [0.15, 0.2) is 0 Å². The third-order valence-corrected chi connectivity index (χ3v) is 3.68. The second kappa shape index (κ2) is 5.71. The molecule has 0 saturated carbocycles. The van der Waals surface area contributed by atoms with E-state index in [1.165, 1.54) is 0 Å². The maximum absolute atomic E-state index is 9.80. The third kappa shape index (κ3) is 7.48. The Morgan fingerprint density at radius 2 is 1.62 bits per heavy atom. The Bertz CT molecular complexity index is 173. The quantitative estimate of drug-likeness (QED) is 0.272. The summed E-state index contributed by atoms with van der Waals surface area (Å²) in [6.07, 6.45) is 0. The Morgan fingerprint density at radius 3 is 1.85 bits per heavy atom. The van der Waals surface area contributed by atoms with E-state index in [4.69, 9.17) is 5.21 Å². The van der Waals surface area contributed by atoms with Gasteiger partial charge in [0.15, 0.2) is 0 Å². The Balaban J connectivity index is 4.02. The van der Waals surface area contributed by atoms with Crippen LogP contribution in [0.4, 0.5) is 0 Å². The summed E-state index contributed by atoms with van der Waals surface area (Å²) in [5.74, 6) is 0. The molecule has 0 aliphatic heterocycles. The van der Waals surface area contributed by atoms with Gasteiger partial charge in [-0.3, -0.25) is 0 Å². The van der Waals surface area contributed by atoms with E-state index in [9.17, 15) is 25.4 Å². The van der Waals surface area contributed by atoms with E-state index in [0.717, 1.165) is 0 Å². The van der Waals surface area contributed by atoms with Crippen LogP contribution in [0.1, 0.15) is 0 Å². The summed E-state index contributed by atoms with van der Waals surface area (Å²) in [4.78, 5) is 19.3. The topological polar surface area (TPSA) is 162 Å². The molecule has 0 radical (unpaired) electrons. The van der Waals surface area contributed by atoms with E-state index in [-0.39, 0.29) is 0 Å². The van der Waals surface area contributed by atoms with Gasteiger partial charge in [0, 0.05) is 0 Å². The molecule has 0 bridgehead atoms. The first-order valence-electron chi connectivity index (χ1n) is 2.28. The van der Waals surface area contributed by atoms with Gasteiger partial charge in [-0.1, -0.05) is 0 Å². The molecular formula is H2BiN3O9. The number of nitrogens with one attached hydrogen (secondary N) is 1. The summed E-state index contributed by atoms with van der Waals surface area (Å²) in [5.41, 5.74) is 0. The molecule has 0 spiro atoms. The summed E-state index contributed by atoms with van der Waals surface area (Å²) in [7, 11) is 0. The fraction of sp³-hybridized carbons (Fsp3) is 0. The molecule has 0 aliphatic rings. The van der Waals surface area contributed by atoms with Gasteiger partial charge < -0.3 is 0 Å². The van der Waals surface area contributed by atoms with Crippen molar-refractivity contribution in [3.8, 4) is 0 Å². The predicted molar refractivity (Wildman–Crippen MR) is 29.1 cm³/mol. The van der Waals surface area contributed by atoms with E-state index in [1.54, 1.807) is 0 Å². The van der Waals surface area contributed by atoms with Crippen LogP contribution in [-0.2, 0) is 8.74 Å². The van der Waals surface area contributed by atoms with Crippen LogP contribution >= 0.6 is 0 Å². The molecular weight excluding hydrogens is 395 g/mol. The van der Waals surface area contributed by atoms with Gasteiger partial charge in [0.05, 0.1) is 0 Å². The van der Waals surface area contributed by atoms with Crippen molar-refractivity contribution in [2.75, 3.05) is 0 Å². The zero-order chi connectivity index (χ0) is 10.4. The molecule has 0 heterocycles. The first kappa shape index (κ1) is 12.1. The van der Waals surface area contributed by atoms with Crippen LogP contribution in [0.25, 0.3) is 0 Å². The molecule has 1 atom stereocenters. The predicted octanol–water partition coefficient (Wildman–Crippen LogP) is -2.91. The van der Waals surface area contributed by atoms with E-state index in [0.29, 0.717) is 0 Å². The van der Waals surface area contributed by atoms with Gasteiger partial charge >= 0.3 is 78.0 Å². The van der Waals surface area contributed by atoms with Gasteiger partial charge in [0.25, 0.3) is 0 Å². The van der Waals surface area contributed by atoms with E-state index >= 15 is 0 Å². The Labute approximate surface area is 78.4 Å². The van der Waals surface area contributed by atoms with Crippen molar-refractivity contribution in [3.63, 3.8) is 0 Å². The zero-order valence-electron chi connectivity index (χ0n) is 5.55. The van der Waals surface area contributed by atoms with Crippen LogP contribution in [0.5, 0.6) is 0 Å². The average molecular weight is 397 g/mol. The molecule has 0 rings (SSSR count). The number of nitrogens with zero attached hydrogens (tertiary/aromatic N) is 2. The van der Waals surface area contributed by atoms with Crippen molar-refractivity contribution in [1.29, 1.82) is 0 Å². The van der Waals surface area contributed by atoms with Crippen LogP contribution in [0.3, 0.4) is 0 Å². The number of hydrogen-bond acceptors (Lipinski definition) is 9. The van der Waals surface area contributed by atoms with Crippen molar-refractivity contribution >= 4 is 23.1 Å². The van der Waals surface area contributed by atoms with Crippen molar-refractivity contribution in [2.45, 2.75) is 0 Å². The van der Waals surface area contributed by atoms with Gasteiger partial charge in [-0.05, 0) is 0 Å². The summed E-state index contributed by atoms with van der Waals surface area (Å²) in [6.45, 7) is 0. The van der Waals surface area contributed by atoms with Crippen molar-refractivity contribution < 1.29 is 29.5 Å². The van der Waals surface area contributed by atoms with Crippen LogP contribution in [0.2, 0.25) is 0 Å². The van der Waals surface area contributed by atoms with Crippen LogP contribution in [0, 0.1) is 25.4 Å². The minimum atomic E-state index is -4.54. The second-order valence-electron chi connectivity index (χ2n) is 1.19. The summed E-state index contributed by atoms with van der Waals surface area (Å²) < 4.78 is 10.7. The monoisotopic (exact) mass is 397 g/mol. The summed E-state index contributed by atoms with van der Waals surface area (Å²) in [6, 6.07) is 0. The average Bonchev–Trinajstić information content (AvgIpc) is 1.80. The molecule has 0 aromatic carbocycles. The van der Waals surface area contributed by atoms with Crippen LogP contribution in [-0.4, -0.2) is 38.5 Å². The maximum atomic E-state index is 9.80. The molecule has 13 heteroatoms. The first-order valence-corrected chi connectivity index (χ1v) is 6.53. The number of quaternary nitrogens is 1. The van der Waals surface area contributed by atoms with Crippen molar-refractivity contribution in [2.24, 2.45) is 0 Å². The zero-order valence-corrected chi connectivity index (χ0v) is 9.03. The molecule has 0 aromatic heterocycles. The normalized spacial score (nSPS) is 12.2. The molecule has 12 nitrogen and oxygen atoms in total.